The third-order valence-electron chi connectivity index (χ3n) is 3.05. The van der Waals surface area contributed by atoms with E-state index < -0.39 is 0 Å². The zero-order valence-electron chi connectivity index (χ0n) is 10.9. The van der Waals surface area contributed by atoms with Crippen LogP contribution in [-0.4, -0.2) is 32.1 Å². The van der Waals surface area contributed by atoms with Gasteiger partial charge in [-0.25, -0.2) is 0 Å². The Labute approximate surface area is 115 Å². The van der Waals surface area contributed by atoms with Crippen LogP contribution in [0.2, 0.25) is 0 Å². The van der Waals surface area contributed by atoms with Crippen LogP contribution in [0.15, 0.2) is 42.0 Å². The Hall–Kier alpha value is -1.25. The highest BCUT2D eigenvalue weighted by atomic mass is 35.5. The Bertz CT molecular complexity index is 423. The van der Waals surface area contributed by atoms with Gasteiger partial charge >= 0.3 is 0 Å². The number of hydrogen-bond acceptors (Lipinski definition) is 2. The molecule has 0 radical (unpaired) electrons. The van der Waals surface area contributed by atoms with Crippen LogP contribution >= 0.6 is 12.4 Å². The van der Waals surface area contributed by atoms with Gasteiger partial charge in [0.15, 0.2) is 0 Å². The number of rotatable bonds is 3. The highest BCUT2D eigenvalue weighted by molar-refractivity contribution is 5.85. The predicted octanol–water partition coefficient (Wildman–Crippen LogP) is 3.39. The van der Waals surface area contributed by atoms with E-state index in [0.29, 0.717) is 0 Å². The molecule has 1 heterocycles. The van der Waals surface area contributed by atoms with Crippen LogP contribution in [0, 0.1) is 0 Å². The fourth-order valence-electron chi connectivity index (χ4n) is 1.86. The lowest BCUT2D eigenvalue weighted by molar-refractivity contribution is 0.361. The molecule has 0 saturated carbocycles. The quantitative estimate of drug-likeness (QED) is 0.831. The summed E-state index contributed by atoms with van der Waals surface area (Å²) in [7, 11) is 3.84. The third kappa shape index (κ3) is 4.21. The molecule has 0 atom stereocenters. The molecule has 0 spiro atoms. The van der Waals surface area contributed by atoms with E-state index in [2.05, 4.69) is 42.3 Å². The lowest BCUT2D eigenvalue weighted by Crippen LogP contribution is -2.23. The first-order valence-electron chi connectivity index (χ1n) is 5.97. The molecule has 18 heavy (non-hydrogen) atoms. The minimum atomic E-state index is 0. The maximum absolute atomic E-state index is 5.13. The molecule has 0 amide bonds. The number of likely N-dealkylation sites (N-methyl/N-ethyl adjacent to an activating group) is 1. The highest BCUT2D eigenvalue weighted by Gasteiger charge is 2.04. The monoisotopic (exact) mass is 265 g/mol. The number of nitrogens with zero attached hydrogens (tertiary/aromatic N) is 1. The maximum Gasteiger partial charge on any atom is 0.118 e. The van der Waals surface area contributed by atoms with E-state index in [4.69, 9.17) is 4.74 Å². The first-order chi connectivity index (χ1) is 8.28. The summed E-state index contributed by atoms with van der Waals surface area (Å²) in [4.78, 5) is 2.32. The van der Waals surface area contributed by atoms with Gasteiger partial charge in [-0.3, -0.25) is 0 Å². The van der Waals surface area contributed by atoms with Crippen LogP contribution in [-0.2, 0) is 0 Å². The van der Waals surface area contributed by atoms with E-state index in [-0.39, 0.29) is 12.4 Å². The van der Waals surface area contributed by atoms with Crippen molar-refractivity contribution < 1.29 is 4.74 Å². The molecule has 2 nitrogen and oxygen atoms in total. The van der Waals surface area contributed by atoms with Crippen molar-refractivity contribution in [2.24, 2.45) is 0 Å². The SMILES string of the molecule is COc1ccc(/C=C/C2=CCN(C)CC2)cc1.Cl. The van der Waals surface area contributed by atoms with Gasteiger partial charge in [0.05, 0.1) is 7.11 Å². The molecular formula is C15H20ClNO. The zero-order chi connectivity index (χ0) is 12.1. The van der Waals surface area contributed by atoms with Gasteiger partial charge in [0.25, 0.3) is 0 Å². The van der Waals surface area contributed by atoms with Crippen molar-refractivity contribution in [3.8, 4) is 5.75 Å². The van der Waals surface area contributed by atoms with Gasteiger partial charge in [-0.05, 0) is 36.7 Å². The topological polar surface area (TPSA) is 12.5 Å². The number of allylic oxidation sites excluding steroid dienone is 1. The molecule has 0 N–H and O–H groups in total. The van der Waals surface area contributed by atoms with Crippen molar-refractivity contribution >= 4 is 18.5 Å². The van der Waals surface area contributed by atoms with E-state index >= 15 is 0 Å². The van der Waals surface area contributed by atoms with Gasteiger partial charge in [0.2, 0.25) is 0 Å². The normalized spacial score (nSPS) is 16.2. The Morgan fingerprint density at radius 3 is 2.44 bits per heavy atom. The van der Waals surface area contributed by atoms with Crippen molar-refractivity contribution in [3.05, 3.63) is 47.6 Å². The summed E-state index contributed by atoms with van der Waals surface area (Å²) in [5.41, 5.74) is 2.64. The first-order valence-corrected chi connectivity index (χ1v) is 5.97. The fourth-order valence-corrected chi connectivity index (χ4v) is 1.86. The molecule has 98 valence electrons. The lowest BCUT2D eigenvalue weighted by Gasteiger charge is -2.20. The molecule has 0 aliphatic carbocycles. The average Bonchev–Trinajstić information content (AvgIpc) is 2.39. The second kappa shape index (κ2) is 7.24. The first kappa shape index (κ1) is 14.8. The van der Waals surface area contributed by atoms with Gasteiger partial charge < -0.3 is 9.64 Å². The van der Waals surface area contributed by atoms with Gasteiger partial charge in [-0.15, -0.1) is 12.4 Å². The Kier molecular flexibility index (Phi) is 5.96. The molecular weight excluding hydrogens is 246 g/mol. The van der Waals surface area contributed by atoms with E-state index in [9.17, 15) is 0 Å². The molecule has 0 aromatic heterocycles. The Morgan fingerprint density at radius 1 is 1.17 bits per heavy atom. The van der Waals surface area contributed by atoms with Gasteiger partial charge in [-0.2, -0.15) is 0 Å². The summed E-state index contributed by atoms with van der Waals surface area (Å²) in [6.07, 6.45) is 7.82. The third-order valence-corrected chi connectivity index (χ3v) is 3.05. The zero-order valence-corrected chi connectivity index (χ0v) is 11.7. The largest absolute Gasteiger partial charge is 0.497 e. The summed E-state index contributed by atoms with van der Waals surface area (Å²) < 4.78 is 5.13. The summed E-state index contributed by atoms with van der Waals surface area (Å²) in [5.74, 6) is 0.903. The molecule has 1 aromatic carbocycles. The molecule has 0 bridgehead atoms. The number of benzene rings is 1. The van der Waals surface area contributed by atoms with Gasteiger partial charge in [0.1, 0.15) is 5.75 Å². The highest BCUT2D eigenvalue weighted by Crippen LogP contribution is 2.15. The van der Waals surface area contributed by atoms with Crippen molar-refractivity contribution in [1.82, 2.24) is 4.90 Å². The average molecular weight is 266 g/mol. The maximum atomic E-state index is 5.13. The van der Waals surface area contributed by atoms with Crippen molar-refractivity contribution in [2.75, 3.05) is 27.2 Å². The van der Waals surface area contributed by atoms with Crippen LogP contribution < -0.4 is 4.74 Å². The lowest BCUT2D eigenvalue weighted by atomic mass is 10.1. The van der Waals surface area contributed by atoms with Crippen LogP contribution in [0.3, 0.4) is 0 Å². The standard InChI is InChI=1S/C15H19NO.ClH/c1-16-11-9-14(10-12-16)4-3-13-5-7-15(17-2)8-6-13;/h3-9H,10-12H2,1-2H3;1H/b4-3+;. The van der Waals surface area contributed by atoms with Crippen molar-refractivity contribution in [2.45, 2.75) is 6.42 Å². The number of methoxy groups -OCH3 is 1. The van der Waals surface area contributed by atoms with E-state index in [1.54, 1.807) is 7.11 Å². The molecule has 1 aromatic rings. The van der Waals surface area contributed by atoms with Crippen molar-refractivity contribution in [1.29, 1.82) is 0 Å². The summed E-state index contributed by atoms with van der Waals surface area (Å²) in [5, 5.41) is 0. The minimum Gasteiger partial charge on any atom is -0.497 e. The molecule has 0 fully saturated rings. The molecule has 0 saturated heterocycles. The summed E-state index contributed by atoms with van der Waals surface area (Å²) >= 11 is 0. The van der Waals surface area contributed by atoms with Crippen LogP contribution in [0.5, 0.6) is 5.75 Å². The second-order valence-electron chi connectivity index (χ2n) is 4.40. The Balaban J connectivity index is 0.00000162. The predicted molar refractivity (Wildman–Crippen MR) is 79.5 cm³/mol. The van der Waals surface area contributed by atoms with Gasteiger partial charge in [0, 0.05) is 13.1 Å². The molecule has 2 rings (SSSR count). The Morgan fingerprint density at radius 2 is 1.89 bits per heavy atom. The molecule has 0 unspecified atom stereocenters. The number of ether oxygens (including phenoxy) is 1. The van der Waals surface area contributed by atoms with E-state index in [0.717, 1.165) is 25.3 Å². The van der Waals surface area contributed by atoms with E-state index in [1.807, 2.05) is 12.1 Å². The van der Waals surface area contributed by atoms with Crippen LogP contribution in [0.1, 0.15) is 12.0 Å². The molecule has 1 aliphatic rings. The van der Waals surface area contributed by atoms with Crippen LogP contribution in [0.25, 0.3) is 6.08 Å². The van der Waals surface area contributed by atoms with Gasteiger partial charge in [-0.1, -0.05) is 30.4 Å². The van der Waals surface area contributed by atoms with Crippen LogP contribution in [0.4, 0.5) is 0 Å². The van der Waals surface area contributed by atoms with Crippen molar-refractivity contribution in [3.63, 3.8) is 0 Å². The molecule has 1 aliphatic heterocycles. The fraction of sp³-hybridized carbons (Fsp3) is 0.333. The summed E-state index contributed by atoms with van der Waals surface area (Å²) in [6.45, 7) is 2.21. The summed E-state index contributed by atoms with van der Waals surface area (Å²) in [6, 6.07) is 8.13. The molecule has 3 heteroatoms. The number of hydrogen-bond donors (Lipinski definition) is 0. The number of halogens is 1. The second-order valence-corrected chi connectivity index (χ2v) is 4.40. The minimum absolute atomic E-state index is 0. The smallest absolute Gasteiger partial charge is 0.118 e. The van der Waals surface area contributed by atoms with E-state index in [1.165, 1.54) is 11.1 Å².